The molecule has 1 nitrogen and oxygen atoms in total. The van der Waals surface area contributed by atoms with Gasteiger partial charge in [-0.1, -0.05) is 67.0 Å². The van der Waals surface area contributed by atoms with Gasteiger partial charge in [0, 0.05) is 0 Å². The van der Waals surface area contributed by atoms with Gasteiger partial charge in [0.2, 0.25) is 0 Å². The summed E-state index contributed by atoms with van der Waals surface area (Å²) >= 11 is 0. The molecule has 0 bridgehead atoms. The first kappa shape index (κ1) is 22.5. The number of rotatable bonds is 0. The van der Waals surface area contributed by atoms with E-state index in [9.17, 15) is 5.11 Å². The van der Waals surface area contributed by atoms with Crippen molar-refractivity contribution < 1.29 is 5.11 Å². The Morgan fingerprint density at radius 3 is 2.26 bits per heavy atom. The maximum absolute atomic E-state index is 10.9. The van der Waals surface area contributed by atoms with Gasteiger partial charge in [0.05, 0.1) is 6.10 Å². The van der Waals surface area contributed by atoms with Crippen LogP contribution in [-0.4, -0.2) is 11.2 Å². The van der Waals surface area contributed by atoms with Crippen LogP contribution in [0, 0.1) is 63.1 Å². The van der Waals surface area contributed by atoms with Crippen LogP contribution in [0.15, 0.2) is 11.6 Å². The van der Waals surface area contributed by atoms with Crippen LogP contribution in [0.2, 0.25) is 0 Å². The lowest BCUT2D eigenvalue weighted by Gasteiger charge is -2.71. The van der Waals surface area contributed by atoms with Gasteiger partial charge in [0.25, 0.3) is 0 Å². The van der Waals surface area contributed by atoms with Gasteiger partial charge >= 0.3 is 0 Å². The molecular weight excluding hydrogens is 376 g/mol. The minimum absolute atomic E-state index is 0.0552. The van der Waals surface area contributed by atoms with Crippen molar-refractivity contribution in [1.29, 1.82) is 0 Å². The average molecular weight is 427 g/mol. The average Bonchev–Trinajstić information content (AvgIpc) is 2.69. The van der Waals surface area contributed by atoms with Crippen LogP contribution >= 0.6 is 0 Å². The molecule has 11 atom stereocenters. The van der Waals surface area contributed by atoms with E-state index >= 15 is 0 Å². The summed E-state index contributed by atoms with van der Waals surface area (Å²) in [4.78, 5) is 0. The van der Waals surface area contributed by atoms with Gasteiger partial charge in [0.15, 0.2) is 0 Å². The lowest BCUT2D eigenvalue weighted by molar-refractivity contribution is -0.201. The van der Waals surface area contributed by atoms with Crippen molar-refractivity contribution in [2.45, 2.75) is 113 Å². The topological polar surface area (TPSA) is 20.2 Å². The monoisotopic (exact) mass is 426 g/mol. The number of aliphatic hydroxyl groups excluding tert-OH is 1. The van der Waals surface area contributed by atoms with Crippen molar-refractivity contribution in [1.82, 2.24) is 0 Å². The molecule has 0 radical (unpaired) electrons. The molecule has 1 heteroatoms. The van der Waals surface area contributed by atoms with E-state index in [1.54, 1.807) is 0 Å². The third-order valence-electron chi connectivity index (χ3n) is 13.2. The van der Waals surface area contributed by atoms with E-state index in [1.165, 1.54) is 44.9 Å². The summed E-state index contributed by atoms with van der Waals surface area (Å²) in [5.41, 5.74) is 3.10. The Hall–Kier alpha value is -0.300. The Morgan fingerprint density at radius 2 is 1.55 bits per heavy atom. The molecule has 0 aromatic heterocycles. The van der Waals surface area contributed by atoms with Crippen LogP contribution in [-0.2, 0) is 0 Å². The molecule has 4 saturated carbocycles. The third-order valence-corrected chi connectivity index (χ3v) is 13.2. The molecule has 176 valence electrons. The SMILES string of the molecule is C[C@H]1[C@H]2C3=CC[C@H]4[C@@]5(C)CC[C@H](O)C(C)(C)[C@@H]5CC[C@]4(C)[C@]3(C)CC[C@H]2[C@H](C)C[C@H]1C. The molecule has 5 aliphatic carbocycles. The van der Waals surface area contributed by atoms with E-state index in [2.05, 4.69) is 61.5 Å². The van der Waals surface area contributed by atoms with Crippen LogP contribution in [0.4, 0.5) is 0 Å². The van der Waals surface area contributed by atoms with Crippen molar-refractivity contribution in [3.63, 3.8) is 0 Å². The van der Waals surface area contributed by atoms with E-state index in [1.807, 2.05) is 5.57 Å². The molecule has 31 heavy (non-hydrogen) atoms. The molecular formula is C30H50O. The largest absolute Gasteiger partial charge is 0.393 e. The first-order chi connectivity index (χ1) is 14.4. The van der Waals surface area contributed by atoms with Gasteiger partial charge in [0.1, 0.15) is 0 Å². The first-order valence-electron chi connectivity index (χ1n) is 13.8. The van der Waals surface area contributed by atoms with E-state index in [4.69, 9.17) is 0 Å². The van der Waals surface area contributed by atoms with E-state index in [0.717, 1.165) is 41.9 Å². The Bertz CT molecular complexity index is 764. The number of hydrogen-bond acceptors (Lipinski definition) is 1. The second kappa shape index (κ2) is 6.86. The van der Waals surface area contributed by atoms with Gasteiger partial charge < -0.3 is 5.11 Å². The number of hydrogen-bond donors (Lipinski definition) is 1. The van der Waals surface area contributed by atoms with Crippen LogP contribution < -0.4 is 0 Å². The summed E-state index contributed by atoms with van der Waals surface area (Å²) in [5.74, 6) is 5.75. The highest BCUT2D eigenvalue weighted by molar-refractivity contribution is 5.32. The normalized spacial score (nSPS) is 58.3. The van der Waals surface area contributed by atoms with E-state index in [0.29, 0.717) is 22.2 Å². The van der Waals surface area contributed by atoms with Crippen LogP contribution in [0.1, 0.15) is 107 Å². The molecule has 1 N–H and O–H groups in total. The fourth-order valence-corrected chi connectivity index (χ4v) is 11.0. The summed E-state index contributed by atoms with van der Waals surface area (Å²) in [6, 6.07) is 0. The number of allylic oxidation sites excluding steroid dienone is 2. The minimum Gasteiger partial charge on any atom is -0.393 e. The van der Waals surface area contributed by atoms with Crippen molar-refractivity contribution in [2.75, 3.05) is 0 Å². The number of fused-ring (bicyclic) bond motifs is 7. The Morgan fingerprint density at radius 1 is 0.839 bits per heavy atom. The zero-order valence-corrected chi connectivity index (χ0v) is 21.8. The summed E-state index contributed by atoms with van der Waals surface area (Å²) in [5, 5.41) is 10.9. The summed E-state index contributed by atoms with van der Waals surface area (Å²) in [6.45, 7) is 20.4. The van der Waals surface area contributed by atoms with E-state index < -0.39 is 0 Å². The van der Waals surface area contributed by atoms with Gasteiger partial charge in [-0.25, -0.2) is 0 Å². The highest BCUT2D eigenvalue weighted by atomic mass is 16.3. The van der Waals surface area contributed by atoms with Crippen molar-refractivity contribution in [3.8, 4) is 0 Å². The molecule has 0 aromatic rings. The van der Waals surface area contributed by atoms with Crippen molar-refractivity contribution in [2.24, 2.45) is 63.1 Å². The van der Waals surface area contributed by atoms with Crippen LogP contribution in [0.5, 0.6) is 0 Å². The fraction of sp³-hybridized carbons (Fsp3) is 0.933. The third kappa shape index (κ3) is 2.71. The van der Waals surface area contributed by atoms with Crippen LogP contribution in [0.25, 0.3) is 0 Å². The Balaban J connectivity index is 1.57. The van der Waals surface area contributed by atoms with Crippen molar-refractivity contribution in [3.05, 3.63) is 11.6 Å². The van der Waals surface area contributed by atoms with Crippen LogP contribution in [0.3, 0.4) is 0 Å². The molecule has 0 amide bonds. The molecule has 0 aromatic carbocycles. The maximum Gasteiger partial charge on any atom is 0.0594 e. The summed E-state index contributed by atoms with van der Waals surface area (Å²) in [6.07, 6.45) is 13.1. The molecule has 0 aliphatic heterocycles. The predicted molar refractivity (Wildman–Crippen MR) is 131 cm³/mol. The van der Waals surface area contributed by atoms with Crippen molar-refractivity contribution >= 4 is 0 Å². The quantitative estimate of drug-likeness (QED) is 0.390. The molecule has 0 saturated heterocycles. The predicted octanol–water partition coefficient (Wildman–Crippen LogP) is 7.88. The summed E-state index contributed by atoms with van der Waals surface area (Å²) in [7, 11) is 0. The Labute approximate surface area is 192 Å². The lowest BCUT2D eigenvalue weighted by atomic mass is 9.34. The minimum atomic E-state index is -0.123. The molecule has 5 aliphatic rings. The smallest absolute Gasteiger partial charge is 0.0594 e. The standard InChI is InChI=1S/C30H50O/c1-18-17-19(2)21-11-15-29(7)22(26(21)20(18)3)9-10-24-28(6)14-13-25(31)27(4,5)23(28)12-16-30(24,29)8/h9,18-21,23-26,31H,10-17H2,1-8H3/t18-,19-,20-,21+,23+,24+,25+,26-,28+,29-,30+/m1/s1. The van der Waals surface area contributed by atoms with Gasteiger partial charge in [-0.15, -0.1) is 0 Å². The zero-order valence-electron chi connectivity index (χ0n) is 21.8. The van der Waals surface area contributed by atoms with E-state index in [-0.39, 0.29) is 11.5 Å². The first-order valence-corrected chi connectivity index (χ1v) is 13.8. The number of aliphatic hydroxyl groups is 1. The second-order valence-corrected chi connectivity index (χ2v) is 14.4. The molecule has 5 rings (SSSR count). The van der Waals surface area contributed by atoms with Gasteiger partial charge in [-0.2, -0.15) is 0 Å². The van der Waals surface area contributed by atoms with Gasteiger partial charge in [-0.05, 0) is 114 Å². The molecule has 4 fully saturated rings. The zero-order chi connectivity index (χ0) is 22.6. The highest BCUT2D eigenvalue weighted by Crippen LogP contribution is 2.74. The molecule has 0 unspecified atom stereocenters. The molecule has 0 spiro atoms. The maximum atomic E-state index is 10.9. The second-order valence-electron chi connectivity index (χ2n) is 14.4. The fourth-order valence-electron chi connectivity index (χ4n) is 11.0. The Kier molecular flexibility index (Phi) is 4.98. The summed E-state index contributed by atoms with van der Waals surface area (Å²) < 4.78 is 0. The molecule has 0 heterocycles. The highest BCUT2D eigenvalue weighted by Gasteiger charge is 2.67. The van der Waals surface area contributed by atoms with Gasteiger partial charge in [-0.3, -0.25) is 0 Å². The lowest BCUT2D eigenvalue weighted by Crippen LogP contribution is -2.64.